The van der Waals surface area contributed by atoms with E-state index in [1.807, 2.05) is 36.4 Å². The molecule has 3 aromatic rings. The second-order valence-electron chi connectivity index (χ2n) is 6.87. The van der Waals surface area contributed by atoms with Crippen LogP contribution in [0, 0.1) is 0 Å². The average Bonchev–Trinajstić information content (AvgIpc) is 2.69. The summed E-state index contributed by atoms with van der Waals surface area (Å²) in [5.74, 6) is 0.990. The van der Waals surface area contributed by atoms with Gasteiger partial charge in [-0.3, -0.25) is 0 Å². The Hall–Kier alpha value is -3.00. The molecule has 1 aliphatic carbocycles. The zero-order valence-corrected chi connectivity index (χ0v) is 14.6. The van der Waals surface area contributed by atoms with E-state index in [0.717, 1.165) is 30.4 Å². The molecule has 0 heterocycles. The van der Waals surface area contributed by atoms with Crippen molar-refractivity contribution in [3.05, 3.63) is 95.6 Å². The summed E-state index contributed by atoms with van der Waals surface area (Å²) in [5, 5.41) is 19.9. The van der Waals surface area contributed by atoms with Crippen LogP contribution in [-0.4, -0.2) is 10.2 Å². The standard InChI is InChI=1S/C24H22O2/c25-20-13-10-18(11-14-20)21-15-12-19(22-8-4-5-9-24(22)26)16-23(21)17-6-2-1-3-7-17/h1-11,13-14,19,25-26H,12,15-16H2. The minimum absolute atomic E-state index is 0.290. The molecule has 2 N–H and O–H groups in total. The van der Waals surface area contributed by atoms with E-state index in [1.54, 1.807) is 18.2 Å². The smallest absolute Gasteiger partial charge is 0.119 e. The van der Waals surface area contributed by atoms with E-state index in [4.69, 9.17) is 0 Å². The number of phenolic OH excluding ortho intramolecular Hbond substituents is 2. The number of phenols is 2. The Morgan fingerprint density at radius 1 is 0.654 bits per heavy atom. The van der Waals surface area contributed by atoms with Gasteiger partial charge in [0, 0.05) is 0 Å². The summed E-state index contributed by atoms with van der Waals surface area (Å²) < 4.78 is 0. The van der Waals surface area contributed by atoms with Crippen molar-refractivity contribution in [1.29, 1.82) is 0 Å². The SMILES string of the molecule is Oc1ccc(C2=C(c3ccccc3)CC(c3ccccc3O)CC2)cc1. The quantitative estimate of drug-likeness (QED) is 0.615. The van der Waals surface area contributed by atoms with E-state index in [-0.39, 0.29) is 0 Å². The average molecular weight is 342 g/mol. The van der Waals surface area contributed by atoms with Crippen molar-refractivity contribution >= 4 is 11.1 Å². The lowest BCUT2D eigenvalue weighted by atomic mass is 9.76. The normalized spacial score (nSPS) is 17.3. The topological polar surface area (TPSA) is 40.5 Å². The molecule has 0 fully saturated rings. The summed E-state index contributed by atoms with van der Waals surface area (Å²) >= 11 is 0. The monoisotopic (exact) mass is 342 g/mol. The second kappa shape index (κ2) is 7.09. The van der Waals surface area contributed by atoms with Gasteiger partial charge in [-0.05, 0) is 71.2 Å². The predicted octanol–water partition coefficient (Wildman–Crippen LogP) is 5.98. The van der Waals surface area contributed by atoms with Crippen molar-refractivity contribution in [2.45, 2.75) is 25.2 Å². The van der Waals surface area contributed by atoms with Gasteiger partial charge >= 0.3 is 0 Å². The first-order valence-electron chi connectivity index (χ1n) is 9.07. The van der Waals surface area contributed by atoms with Gasteiger partial charge in [0.1, 0.15) is 11.5 Å². The molecule has 0 aromatic heterocycles. The maximum Gasteiger partial charge on any atom is 0.119 e. The van der Waals surface area contributed by atoms with E-state index in [1.165, 1.54) is 16.7 Å². The molecule has 0 amide bonds. The van der Waals surface area contributed by atoms with Crippen LogP contribution in [0.5, 0.6) is 11.5 Å². The van der Waals surface area contributed by atoms with Crippen molar-refractivity contribution in [1.82, 2.24) is 0 Å². The molecule has 0 spiro atoms. The fourth-order valence-electron chi connectivity index (χ4n) is 3.95. The van der Waals surface area contributed by atoms with E-state index >= 15 is 0 Å². The van der Waals surface area contributed by atoms with Crippen LogP contribution in [0.3, 0.4) is 0 Å². The molecule has 26 heavy (non-hydrogen) atoms. The highest BCUT2D eigenvalue weighted by atomic mass is 16.3. The molecule has 130 valence electrons. The van der Waals surface area contributed by atoms with Crippen LogP contribution in [0.25, 0.3) is 11.1 Å². The van der Waals surface area contributed by atoms with E-state index in [2.05, 4.69) is 24.3 Å². The summed E-state index contributed by atoms with van der Waals surface area (Å²) in [7, 11) is 0. The Morgan fingerprint density at radius 3 is 2.04 bits per heavy atom. The van der Waals surface area contributed by atoms with Gasteiger partial charge in [0.15, 0.2) is 0 Å². The van der Waals surface area contributed by atoms with E-state index in [9.17, 15) is 10.2 Å². The summed E-state index contributed by atoms with van der Waals surface area (Å²) in [5.41, 5.74) is 6.09. The van der Waals surface area contributed by atoms with E-state index < -0.39 is 0 Å². The van der Waals surface area contributed by atoms with Gasteiger partial charge in [-0.1, -0.05) is 60.7 Å². The number of rotatable bonds is 3. The van der Waals surface area contributed by atoms with Gasteiger partial charge in [0.25, 0.3) is 0 Å². The third-order valence-electron chi connectivity index (χ3n) is 5.27. The maximum absolute atomic E-state index is 10.3. The van der Waals surface area contributed by atoms with Crippen LogP contribution in [0.1, 0.15) is 41.9 Å². The molecule has 1 aliphatic rings. The zero-order chi connectivity index (χ0) is 17.9. The molecule has 0 saturated heterocycles. The minimum atomic E-state index is 0.290. The highest BCUT2D eigenvalue weighted by Gasteiger charge is 2.25. The van der Waals surface area contributed by atoms with Gasteiger partial charge in [-0.25, -0.2) is 0 Å². The predicted molar refractivity (Wildman–Crippen MR) is 106 cm³/mol. The maximum atomic E-state index is 10.3. The second-order valence-corrected chi connectivity index (χ2v) is 6.87. The summed E-state index contributed by atoms with van der Waals surface area (Å²) in [6.07, 6.45) is 2.86. The first-order valence-corrected chi connectivity index (χ1v) is 9.07. The Morgan fingerprint density at radius 2 is 1.31 bits per heavy atom. The van der Waals surface area contributed by atoms with Crippen LogP contribution in [0.2, 0.25) is 0 Å². The molecule has 2 nitrogen and oxygen atoms in total. The molecule has 0 saturated carbocycles. The van der Waals surface area contributed by atoms with Crippen molar-refractivity contribution in [3.63, 3.8) is 0 Å². The zero-order valence-electron chi connectivity index (χ0n) is 14.6. The Kier molecular flexibility index (Phi) is 4.49. The molecular weight excluding hydrogens is 320 g/mol. The van der Waals surface area contributed by atoms with Crippen molar-refractivity contribution < 1.29 is 10.2 Å². The highest BCUT2D eigenvalue weighted by molar-refractivity contribution is 5.92. The van der Waals surface area contributed by atoms with Crippen molar-refractivity contribution in [2.75, 3.05) is 0 Å². The summed E-state index contributed by atoms with van der Waals surface area (Å²) in [6, 6.07) is 25.7. The van der Waals surface area contributed by atoms with Crippen LogP contribution >= 0.6 is 0 Å². The van der Waals surface area contributed by atoms with Gasteiger partial charge < -0.3 is 10.2 Å². The minimum Gasteiger partial charge on any atom is -0.508 e. The number of benzene rings is 3. The molecule has 1 atom stereocenters. The largest absolute Gasteiger partial charge is 0.508 e. The number of hydrogen-bond acceptors (Lipinski definition) is 2. The highest BCUT2D eigenvalue weighted by Crippen LogP contribution is 2.46. The van der Waals surface area contributed by atoms with Crippen LogP contribution in [-0.2, 0) is 0 Å². The first kappa shape index (κ1) is 16.5. The molecule has 0 aliphatic heterocycles. The van der Waals surface area contributed by atoms with Gasteiger partial charge in [-0.15, -0.1) is 0 Å². The molecular formula is C24H22O2. The Balaban J connectivity index is 1.78. The Labute approximate surface area is 154 Å². The number of aromatic hydroxyl groups is 2. The summed E-state index contributed by atoms with van der Waals surface area (Å²) in [4.78, 5) is 0. The number of hydrogen-bond donors (Lipinski definition) is 2. The summed E-state index contributed by atoms with van der Waals surface area (Å²) in [6.45, 7) is 0. The molecule has 4 rings (SSSR count). The van der Waals surface area contributed by atoms with Crippen molar-refractivity contribution in [2.24, 2.45) is 0 Å². The van der Waals surface area contributed by atoms with Crippen LogP contribution in [0.15, 0.2) is 78.9 Å². The Bertz CT molecular complexity index is 924. The molecule has 0 radical (unpaired) electrons. The number of allylic oxidation sites excluding steroid dienone is 2. The van der Waals surface area contributed by atoms with Gasteiger partial charge in [0.2, 0.25) is 0 Å². The third kappa shape index (κ3) is 3.23. The third-order valence-corrected chi connectivity index (χ3v) is 5.27. The van der Waals surface area contributed by atoms with Crippen molar-refractivity contribution in [3.8, 4) is 11.5 Å². The van der Waals surface area contributed by atoms with Gasteiger partial charge in [0.05, 0.1) is 0 Å². The van der Waals surface area contributed by atoms with Crippen LogP contribution < -0.4 is 0 Å². The molecule has 0 bridgehead atoms. The molecule has 3 aromatic carbocycles. The lowest BCUT2D eigenvalue weighted by Gasteiger charge is -2.29. The van der Waals surface area contributed by atoms with Gasteiger partial charge in [-0.2, -0.15) is 0 Å². The number of para-hydroxylation sites is 1. The van der Waals surface area contributed by atoms with Crippen LogP contribution in [0.4, 0.5) is 0 Å². The lowest BCUT2D eigenvalue weighted by Crippen LogP contribution is -2.09. The lowest BCUT2D eigenvalue weighted by molar-refractivity contribution is 0.457. The first-order chi connectivity index (χ1) is 12.7. The fourth-order valence-corrected chi connectivity index (χ4v) is 3.95. The molecule has 2 heteroatoms. The fraction of sp³-hybridized carbons (Fsp3) is 0.167. The molecule has 1 unspecified atom stereocenters. The van der Waals surface area contributed by atoms with E-state index in [0.29, 0.717) is 17.4 Å².